The zero-order chi connectivity index (χ0) is 13.8. The van der Waals surface area contributed by atoms with Crippen molar-refractivity contribution in [1.29, 1.82) is 0 Å². The number of nitrogen functional groups attached to an aromatic ring is 1. The van der Waals surface area contributed by atoms with Gasteiger partial charge in [0.1, 0.15) is 0 Å². The Bertz CT molecular complexity index is 407. The molecule has 1 aromatic carbocycles. The first-order valence-corrected chi connectivity index (χ1v) is 6.32. The Balaban J connectivity index is 2.52. The van der Waals surface area contributed by atoms with Crippen LogP contribution in [0.1, 0.15) is 45.6 Å². The predicted molar refractivity (Wildman–Crippen MR) is 74.3 cm³/mol. The molecule has 0 aliphatic carbocycles. The molecule has 0 radical (unpaired) electrons. The predicted octanol–water partition coefficient (Wildman–Crippen LogP) is 3.35. The Labute approximate surface area is 109 Å². The van der Waals surface area contributed by atoms with Gasteiger partial charge in [0.2, 0.25) is 0 Å². The molecule has 0 bridgehead atoms. The average Bonchev–Trinajstić information content (AvgIpc) is 2.26. The Hall–Kier alpha value is -1.51. The molecule has 3 heteroatoms. The molecule has 0 aliphatic heterocycles. The lowest BCUT2D eigenvalue weighted by Crippen LogP contribution is -2.17. The van der Waals surface area contributed by atoms with Gasteiger partial charge in [-0.15, -0.1) is 0 Å². The molecule has 1 aromatic rings. The average molecular weight is 249 g/mol. The minimum Gasteiger partial charge on any atom is -0.465 e. The van der Waals surface area contributed by atoms with Crippen molar-refractivity contribution in [2.24, 2.45) is 5.41 Å². The maximum Gasteiger partial charge on any atom is 0.313 e. The van der Waals surface area contributed by atoms with Crippen LogP contribution in [-0.4, -0.2) is 12.6 Å². The van der Waals surface area contributed by atoms with Crippen LogP contribution in [0, 0.1) is 5.41 Å². The molecule has 100 valence electrons. The fourth-order valence-electron chi connectivity index (χ4n) is 1.55. The highest BCUT2D eigenvalue weighted by molar-refractivity contribution is 5.78. The number of carbonyl (C=O) groups excluding carboxylic acids is 1. The number of esters is 1. The molecule has 18 heavy (non-hydrogen) atoms. The molecule has 1 unspecified atom stereocenters. The van der Waals surface area contributed by atoms with Gasteiger partial charge in [-0.05, 0) is 36.5 Å². The Morgan fingerprint density at radius 3 is 2.61 bits per heavy atom. The number of carbonyl (C=O) groups is 1. The van der Waals surface area contributed by atoms with Crippen molar-refractivity contribution in [2.45, 2.75) is 40.0 Å². The molecule has 0 amide bonds. The second kappa shape index (κ2) is 5.89. The summed E-state index contributed by atoms with van der Waals surface area (Å²) in [6, 6.07) is 7.37. The number of hydrogen-bond donors (Lipinski definition) is 1. The van der Waals surface area contributed by atoms with Crippen LogP contribution in [0.5, 0.6) is 0 Å². The molecule has 0 heterocycles. The number of rotatable bonds is 4. The summed E-state index contributed by atoms with van der Waals surface area (Å²) in [6.07, 6.45) is 0.863. The quantitative estimate of drug-likeness (QED) is 0.657. The van der Waals surface area contributed by atoms with Crippen molar-refractivity contribution in [3.8, 4) is 0 Å². The number of ether oxygens (including phenoxy) is 1. The van der Waals surface area contributed by atoms with Gasteiger partial charge in [-0.2, -0.15) is 0 Å². The monoisotopic (exact) mass is 249 g/mol. The van der Waals surface area contributed by atoms with Crippen LogP contribution >= 0.6 is 0 Å². The number of anilines is 1. The molecular weight excluding hydrogens is 226 g/mol. The SMILES string of the molecule is CC(C(=O)OCCC(C)(C)C)c1cccc(N)c1. The van der Waals surface area contributed by atoms with Gasteiger partial charge in [0, 0.05) is 5.69 Å². The van der Waals surface area contributed by atoms with Crippen molar-refractivity contribution >= 4 is 11.7 Å². The van der Waals surface area contributed by atoms with E-state index in [1.807, 2.05) is 25.1 Å². The molecule has 0 saturated carbocycles. The van der Waals surface area contributed by atoms with E-state index >= 15 is 0 Å². The van der Waals surface area contributed by atoms with Gasteiger partial charge >= 0.3 is 5.97 Å². The van der Waals surface area contributed by atoms with E-state index in [1.54, 1.807) is 6.07 Å². The second-order valence-electron chi connectivity index (χ2n) is 5.87. The third-order valence-corrected chi connectivity index (χ3v) is 2.86. The van der Waals surface area contributed by atoms with Gasteiger partial charge in [0.15, 0.2) is 0 Å². The zero-order valence-corrected chi connectivity index (χ0v) is 11.7. The van der Waals surface area contributed by atoms with E-state index in [4.69, 9.17) is 10.5 Å². The van der Waals surface area contributed by atoms with Crippen LogP contribution in [0.25, 0.3) is 0 Å². The molecule has 0 aliphatic rings. The number of nitrogens with two attached hydrogens (primary N) is 1. The highest BCUT2D eigenvalue weighted by Crippen LogP contribution is 2.21. The molecule has 3 nitrogen and oxygen atoms in total. The van der Waals surface area contributed by atoms with Crippen molar-refractivity contribution < 1.29 is 9.53 Å². The first-order chi connectivity index (χ1) is 8.29. The van der Waals surface area contributed by atoms with Gasteiger partial charge in [-0.25, -0.2) is 0 Å². The highest BCUT2D eigenvalue weighted by atomic mass is 16.5. The summed E-state index contributed by atoms with van der Waals surface area (Å²) >= 11 is 0. The van der Waals surface area contributed by atoms with Crippen LogP contribution in [-0.2, 0) is 9.53 Å². The maximum absolute atomic E-state index is 11.9. The van der Waals surface area contributed by atoms with E-state index in [0.717, 1.165) is 12.0 Å². The number of hydrogen-bond acceptors (Lipinski definition) is 3. The molecule has 1 atom stereocenters. The normalized spacial score (nSPS) is 13.1. The van der Waals surface area contributed by atoms with Gasteiger partial charge in [-0.3, -0.25) is 4.79 Å². The first-order valence-electron chi connectivity index (χ1n) is 6.32. The lowest BCUT2D eigenvalue weighted by Gasteiger charge is -2.19. The second-order valence-corrected chi connectivity index (χ2v) is 5.87. The van der Waals surface area contributed by atoms with Crippen LogP contribution in [0.2, 0.25) is 0 Å². The molecule has 0 saturated heterocycles. The largest absolute Gasteiger partial charge is 0.465 e. The summed E-state index contributed by atoms with van der Waals surface area (Å²) in [5.74, 6) is -0.460. The Morgan fingerprint density at radius 1 is 1.39 bits per heavy atom. The van der Waals surface area contributed by atoms with Crippen molar-refractivity contribution in [2.75, 3.05) is 12.3 Å². The van der Waals surface area contributed by atoms with E-state index in [1.165, 1.54) is 0 Å². The van der Waals surface area contributed by atoms with E-state index in [0.29, 0.717) is 12.3 Å². The fourth-order valence-corrected chi connectivity index (χ4v) is 1.55. The van der Waals surface area contributed by atoms with Crippen molar-refractivity contribution in [3.05, 3.63) is 29.8 Å². The van der Waals surface area contributed by atoms with E-state index < -0.39 is 0 Å². The molecule has 0 aromatic heterocycles. The fraction of sp³-hybridized carbons (Fsp3) is 0.533. The minimum absolute atomic E-state index is 0.181. The van der Waals surface area contributed by atoms with Gasteiger partial charge in [0.25, 0.3) is 0 Å². The third-order valence-electron chi connectivity index (χ3n) is 2.86. The zero-order valence-electron chi connectivity index (χ0n) is 11.7. The summed E-state index contributed by atoms with van der Waals surface area (Å²) < 4.78 is 5.29. The van der Waals surface area contributed by atoms with Gasteiger partial charge in [-0.1, -0.05) is 32.9 Å². The lowest BCUT2D eigenvalue weighted by atomic mass is 9.93. The van der Waals surface area contributed by atoms with Gasteiger partial charge in [0.05, 0.1) is 12.5 Å². The van der Waals surface area contributed by atoms with Crippen LogP contribution in [0.3, 0.4) is 0 Å². The standard InChI is InChI=1S/C15H23NO2/c1-11(12-6-5-7-13(16)10-12)14(17)18-9-8-15(2,3)4/h5-7,10-11H,8-9,16H2,1-4H3. The van der Waals surface area contributed by atoms with E-state index in [-0.39, 0.29) is 17.3 Å². The molecule has 1 rings (SSSR count). The summed E-state index contributed by atoms with van der Waals surface area (Å²) in [4.78, 5) is 11.9. The summed E-state index contributed by atoms with van der Waals surface area (Å²) in [5.41, 5.74) is 7.45. The summed E-state index contributed by atoms with van der Waals surface area (Å²) in [6.45, 7) is 8.69. The molecule has 0 fully saturated rings. The van der Waals surface area contributed by atoms with E-state index in [9.17, 15) is 4.79 Å². The Kier molecular flexibility index (Phi) is 4.76. The smallest absolute Gasteiger partial charge is 0.313 e. The molecular formula is C15H23NO2. The van der Waals surface area contributed by atoms with Crippen LogP contribution in [0.4, 0.5) is 5.69 Å². The molecule has 2 N–H and O–H groups in total. The van der Waals surface area contributed by atoms with Gasteiger partial charge < -0.3 is 10.5 Å². The maximum atomic E-state index is 11.9. The summed E-state index contributed by atoms with van der Waals surface area (Å²) in [5, 5.41) is 0. The first kappa shape index (κ1) is 14.6. The van der Waals surface area contributed by atoms with Crippen LogP contribution in [0.15, 0.2) is 24.3 Å². The van der Waals surface area contributed by atoms with E-state index in [2.05, 4.69) is 20.8 Å². The lowest BCUT2D eigenvalue weighted by molar-refractivity contribution is -0.145. The minimum atomic E-state index is -0.270. The molecule has 0 spiro atoms. The highest BCUT2D eigenvalue weighted by Gasteiger charge is 2.18. The topological polar surface area (TPSA) is 52.3 Å². The number of benzene rings is 1. The van der Waals surface area contributed by atoms with Crippen molar-refractivity contribution in [1.82, 2.24) is 0 Å². The Morgan fingerprint density at radius 2 is 2.06 bits per heavy atom. The summed E-state index contributed by atoms with van der Waals surface area (Å²) in [7, 11) is 0. The third kappa shape index (κ3) is 4.78. The van der Waals surface area contributed by atoms with Crippen molar-refractivity contribution in [3.63, 3.8) is 0 Å². The van der Waals surface area contributed by atoms with Crippen LogP contribution < -0.4 is 5.73 Å².